The highest BCUT2D eigenvalue weighted by Crippen LogP contribution is 2.28. The molecule has 0 aliphatic rings. The SMILES string of the molecule is Cn1ccnc1-c1nc(-c2cccc(C(=O)O)c2)cs1. The Morgan fingerprint density at radius 3 is 2.95 bits per heavy atom. The van der Waals surface area contributed by atoms with E-state index in [1.54, 1.807) is 24.4 Å². The molecule has 0 bridgehead atoms. The molecule has 100 valence electrons. The molecule has 0 fully saturated rings. The fraction of sp³-hybridized carbons (Fsp3) is 0.0714. The number of aromatic carboxylic acids is 1. The third-order valence-electron chi connectivity index (χ3n) is 2.92. The van der Waals surface area contributed by atoms with Crippen molar-refractivity contribution in [3.8, 4) is 22.1 Å². The summed E-state index contributed by atoms with van der Waals surface area (Å²) < 4.78 is 1.90. The van der Waals surface area contributed by atoms with Gasteiger partial charge >= 0.3 is 5.97 Å². The Morgan fingerprint density at radius 2 is 2.25 bits per heavy atom. The zero-order chi connectivity index (χ0) is 14.1. The van der Waals surface area contributed by atoms with Crippen molar-refractivity contribution in [1.82, 2.24) is 14.5 Å². The summed E-state index contributed by atoms with van der Waals surface area (Å²) in [6.07, 6.45) is 3.59. The third kappa shape index (κ3) is 2.21. The van der Waals surface area contributed by atoms with Crippen molar-refractivity contribution in [1.29, 1.82) is 0 Å². The van der Waals surface area contributed by atoms with Crippen LogP contribution in [0.1, 0.15) is 10.4 Å². The van der Waals surface area contributed by atoms with E-state index in [4.69, 9.17) is 5.11 Å². The number of rotatable bonds is 3. The van der Waals surface area contributed by atoms with Gasteiger partial charge in [0.2, 0.25) is 0 Å². The predicted octanol–water partition coefficient (Wildman–Crippen LogP) is 2.91. The molecule has 0 atom stereocenters. The fourth-order valence-corrected chi connectivity index (χ4v) is 2.76. The number of hydrogen-bond donors (Lipinski definition) is 1. The molecule has 0 saturated carbocycles. The topological polar surface area (TPSA) is 68.0 Å². The van der Waals surface area contributed by atoms with E-state index >= 15 is 0 Å². The van der Waals surface area contributed by atoms with Crippen LogP contribution < -0.4 is 0 Å². The number of benzene rings is 1. The number of nitrogens with zero attached hydrogens (tertiary/aromatic N) is 3. The van der Waals surface area contributed by atoms with Gasteiger partial charge in [-0.25, -0.2) is 14.8 Å². The summed E-state index contributed by atoms with van der Waals surface area (Å²) in [6.45, 7) is 0. The van der Waals surface area contributed by atoms with Gasteiger partial charge in [0.05, 0.1) is 11.3 Å². The lowest BCUT2D eigenvalue weighted by Crippen LogP contribution is -1.95. The standard InChI is InChI=1S/C14H11N3O2S/c1-17-6-5-15-12(17)13-16-11(8-20-13)9-3-2-4-10(7-9)14(18)19/h2-8H,1H3,(H,18,19). The van der Waals surface area contributed by atoms with Crippen molar-refractivity contribution < 1.29 is 9.90 Å². The molecule has 0 saturated heterocycles. The number of carboxylic acid groups (broad SMARTS) is 1. The quantitative estimate of drug-likeness (QED) is 0.803. The maximum absolute atomic E-state index is 11.0. The lowest BCUT2D eigenvalue weighted by atomic mass is 10.1. The van der Waals surface area contributed by atoms with Crippen molar-refractivity contribution in [2.75, 3.05) is 0 Å². The van der Waals surface area contributed by atoms with Gasteiger partial charge in [-0.05, 0) is 12.1 Å². The molecule has 3 aromatic rings. The Balaban J connectivity index is 2.00. The molecular formula is C14H11N3O2S. The molecule has 20 heavy (non-hydrogen) atoms. The number of hydrogen-bond acceptors (Lipinski definition) is 4. The minimum absolute atomic E-state index is 0.258. The summed E-state index contributed by atoms with van der Waals surface area (Å²) in [6, 6.07) is 6.76. The summed E-state index contributed by atoms with van der Waals surface area (Å²) in [5.41, 5.74) is 1.81. The molecule has 2 aromatic heterocycles. The van der Waals surface area contributed by atoms with Gasteiger partial charge in [-0.1, -0.05) is 12.1 Å². The minimum atomic E-state index is -0.939. The highest BCUT2D eigenvalue weighted by Gasteiger charge is 2.11. The first-order valence-electron chi connectivity index (χ1n) is 5.92. The normalized spacial score (nSPS) is 10.7. The number of carbonyl (C=O) groups is 1. The Morgan fingerprint density at radius 1 is 1.40 bits per heavy atom. The van der Waals surface area contributed by atoms with Gasteiger partial charge in [-0.3, -0.25) is 0 Å². The molecule has 0 amide bonds. The Bertz CT molecular complexity index is 776. The maximum atomic E-state index is 11.0. The Labute approximate surface area is 119 Å². The van der Waals surface area contributed by atoms with Crippen LogP contribution in [-0.4, -0.2) is 25.6 Å². The van der Waals surface area contributed by atoms with Crippen LogP contribution >= 0.6 is 11.3 Å². The van der Waals surface area contributed by atoms with Gasteiger partial charge in [0.15, 0.2) is 10.8 Å². The lowest BCUT2D eigenvalue weighted by Gasteiger charge is -1.99. The molecule has 2 heterocycles. The lowest BCUT2D eigenvalue weighted by molar-refractivity contribution is 0.0697. The van der Waals surface area contributed by atoms with E-state index in [0.717, 1.165) is 22.1 Å². The third-order valence-corrected chi connectivity index (χ3v) is 3.76. The van der Waals surface area contributed by atoms with Crippen LogP contribution in [0.3, 0.4) is 0 Å². The second-order valence-corrected chi connectivity index (χ2v) is 5.14. The summed E-state index contributed by atoms with van der Waals surface area (Å²) in [5, 5.41) is 11.7. The molecule has 1 N–H and O–H groups in total. The van der Waals surface area contributed by atoms with E-state index in [9.17, 15) is 4.79 Å². The Hall–Kier alpha value is -2.47. The van der Waals surface area contributed by atoms with Gasteiger partial charge in [0.25, 0.3) is 0 Å². The molecule has 0 aliphatic carbocycles. The minimum Gasteiger partial charge on any atom is -0.478 e. The van der Waals surface area contributed by atoms with Crippen molar-refractivity contribution in [3.05, 3.63) is 47.6 Å². The van der Waals surface area contributed by atoms with E-state index in [-0.39, 0.29) is 5.56 Å². The molecule has 0 radical (unpaired) electrons. The summed E-state index contributed by atoms with van der Waals surface area (Å²) in [7, 11) is 1.91. The molecule has 3 rings (SSSR count). The van der Waals surface area contributed by atoms with Crippen LogP contribution in [0.5, 0.6) is 0 Å². The first-order valence-corrected chi connectivity index (χ1v) is 6.80. The molecule has 0 aliphatic heterocycles. The molecule has 0 spiro atoms. The van der Waals surface area contributed by atoms with Crippen molar-refractivity contribution in [3.63, 3.8) is 0 Å². The van der Waals surface area contributed by atoms with Crippen molar-refractivity contribution >= 4 is 17.3 Å². The van der Waals surface area contributed by atoms with Crippen LogP contribution in [0.15, 0.2) is 42.0 Å². The average molecular weight is 285 g/mol. The van der Waals surface area contributed by atoms with Crippen LogP contribution in [0.4, 0.5) is 0 Å². The zero-order valence-electron chi connectivity index (χ0n) is 10.6. The number of imidazole rings is 1. The smallest absolute Gasteiger partial charge is 0.335 e. The van der Waals surface area contributed by atoms with Gasteiger partial charge in [-0.15, -0.1) is 11.3 Å². The molecule has 1 aromatic carbocycles. The fourth-order valence-electron chi connectivity index (χ4n) is 1.89. The maximum Gasteiger partial charge on any atom is 0.335 e. The number of aryl methyl sites for hydroxylation is 1. The van der Waals surface area contributed by atoms with E-state index in [1.165, 1.54) is 11.3 Å². The average Bonchev–Trinajstić information content (AvgIpc) is 3.07. The van der Waals surface area contributed by atoms with Crippen molar-refractivity contribution in [2.24, 2.45) is 7.05 Å². The first-order chi connectivity index (χ1) is 9.65. The van der Waals surface area contributed by atoms with E-state index in [0.29, 0.717) is 0 Å². The van der Waals surface area contributed by atoms with E-state index in [1.807, 2.05) is 29.3 Å². The van der Waals surface area contributed by atoms with Crippen LogP contribution in [0, 0.1) is 0 Å². The van der Waals surface area contributed by atoms with Gasteiger partial charge < -0.3 is 9.67 Å². The van der Waals surface area contributed by atoms with Crippen molar-refractivity contribution in [2.45, 2.75) is 0 Å². The molecular weight excluding hydrogens is 274 g/mol. The van der Waals surface area contributed by atoms with Gasteiger partial charge in [0, 0.05) is 30.4 Å². The summed E-state index contributed by atoms with van der Waals surface area (Å²) in [4.78, 5) is 19.8. The highest BCUT2D eigenvalue weighted by molar-refractivity contribution is 7.13. The largest absolute Gasteiger partial charge is 0.478 e. The van der Waals surface area contributed by atoms with Crippen LogP contribution in [0.2, 0.25) is 0 Å². The number of aromatic nitrogens is 3. The molecule has 6 heteroatoms. The second kappa shape index (κ2) is 4.90. The van der Waals surface area contributed by atoms with Gasteiger partial charge in [-0.2, -0.15) is 0 Å². The Kier molecular flexibility index (Phi) is 3.08. The van der Waals surface area contributed by atoms with Crippen LogP contribution in [-0.2, 0) is 7.05 Å². The molecule has 0 unspecified atom stereocenters. The van der Waals surface area contributed by atoms with Crippen LogP contribution in [0.25, 0.3) is 22.1 Å². The second-order valence-electron chi connectivity index (χ2n) is 4.29. The van der Waals surface area contributed by atoms with Gasteiger partial charge in [0.1, 0.15) is 0 Å². The number of thiazole rings is 1. The first kappa shape index (κ1) is 12.6. The zero-order valence-corrected chi connectivity index (χ0v) is 11.5. The highest BCUT2D eigenvalue weighted by atomic mass is 32.1. The predicted molar refractivity (Wildman–Crippen MR) is 76.7 cm³/mol. The number of carboxylic acids is 1. The summed E-state index contributed by atoms with van der Waals surface area (Å²) >= 11 is 1.49. The summed E-state index contributed by atoms with van der Waals surface area (Å²) in [5.74, 6) is -0.137. The van der Waals surface area contributed by atoms with E-state index < -0.39 is 5.97 Å². The van der Waals surface area contributed by atoms with E-state index in [2.05, 4.69) is 9.97 Å². The monoisotopic (exact) mass is 285 g/mol. The molecule has 5 nitrogen and oxygen atoms in total.